The van der Waals surface area contributed by atoms with E-state index in [4.69, 9.17) is 9.72 Å². The van der Waals surface area contributed by atoms with Crippen LogP contribution in [0.25, 0.3) is 83.4 Å². The standard InChI is InChI=1S/C58H42N4O.Pt/c1-40(2)34-41-32-33-59-57(35-41)62-53-31-28-45(42-16-6-3-7-17-42)36-52(53)51-30-29-48(38-56(51)62)63-47-23-14-22-46(37-47)60-39-61(55-27-13-12-26-54(55)60)58-49(43-18-8-4-9-19-43)24-15-25-50(58)44-20-10-5-11-21-44;/h3-33,35-36,40H,34H2,1-2H3;/q-2;. The Morgan fingerprint density at radius 1 is 0.562 bits per heavy atom. The predicted octanol–water partition coefficient (Wildman–Crippen LogP) is 13.8. The Kier molecular flexibility index (Phi) is 11.1. The summed E-state index contributed by atoms with van der Waals surface area (Å²) in [5.74, 6) is 2.54. The van der Waals surface area contributed by atoms with Crippen LogP contribution in [-0.4, -0.2) is 14.1 Å². The Labute approximate surface area is 387 Å². The van der Waals surface area contributed by atoms with E-state index in [1.807, 2.05) is 30.5 Å². The van der Waals surface area contributed by atoms with Crippen LogP contribution in [0.5, 0.6) is 11.5 Å². The van der Waals surface area contributed by atoms with E-state index in [2.05, 4.69) is 216 Å². The third-order valence-corrected chi connectivity index (χ3v) is 11.6. The minimum absolute atomic E-state index is 0. The van der Waals surface area contributed by atoms with Gasteiger partial charge in [0.25, 0.3) is 6.33 Å². The topological polar surface area (TPSA) is 35.9 Å². The molecule has 11 rings (SSSR count). The Morgan fingerprint density at radius 2 is 1.22 bits per heavy atom. The summed E-state index contributed by atoms with van der Waals surface area (Å²) in [6.07, 6.45) is 6.64. The van der Waals surface area contributed by atoms with Gasteiger partial charge in [-0.1, -0.05) is 165 Å². The predicted molar refractivity (Wildman–Crippen MR) is 255 cm³/mol. The summed E-state index contributed by atoms with van der Waals surface area (Å²) in [7, 11) is 0. The van der Waals surface area contributed by atoms with Crippen LogP contribution < -0.4 is 9.30 Å². The van der Waals surface area contributed by atoms with E-state index in [9.17, 15) is 0 Å². The second-order valence-corrected chi connectivity index (χ2v) is 16.3. The first-order valence-corrected chi connectivity index (χ1v) is 21.5. The van der Waals surface area contributed by atoms with Crippen molar-refractivity contribution < 1.29 is 30.4 Å². The second kappa shape index (κ2) is 17.4. The number of imidazole rings is 1. The number of nitrogens with zero attached hydrogens (tertiary/aromatic N) is 4. The number of pyridine rings is 1. The maximum absolute atomic E-state index is 6.68. The third-order valence-electron chi connectivity index (χ3n) is 11.6. The molecule has 8 aromatic carbocycles. The molecular formula is C58H42N4OPt-2. The normalized spacial score (nSPS) is 11.4. The fourth-order valence-electron chi connectivity index (χ4n) is 8.85. The molecule has 0 aliphatic heterocycles. The molecule has 3 heterocycles. The molecule has 0 aliphatic rings. The van der Waals surface area contributed by atoms with Gasteiger partial charge in [0.15, 0.2) is 0 Å². The Balaban J connectivity index is 0.00000484. The van der Waals surface area contributed by atoms with Gasteiger partial charge in [-0.2, -0.15) is 18.2 Å². The zero-order valence-corrected chi connectivity index (χ0v) is 37.6. The van der Waals surface area contributed by atoms with Crippen LogP contribution in [0, 0.1) is 24.4 Å². The van der Waals surface area contributed by atoms with Crippen molar-refractivity contribution in [1.82, 2.24) is 14.1 Å². The molecule has 0 aliphatic carbocycles. The molecule has 0 saturated carbocycles. The summed E-state index contributed by atoms with van der Waals surface area (Å²) in [5, 5.41) is 2.21. The van der Waals surface area contributed by atoms with Crippen LogP contribution in [0.1, 0.15) is 19.4 Å². The maximum atomic E-state index is 6.68. The van der Waals surface area contributed by atoms with Gasteiger partial charge in [-0.3, -0.25) is 4.57 Å². The number of fused-ring (bicyclic) bond motifs is 4. The van der Waals surface area contributed by atoms with Gasteiger partial charge in [-0.05, 0) is 80.6 Å². The molecule has 0 bridgehead atoms. The maximum Gasteiger partial charge on any atom is 0.268 e. The van der Waals surface area contributed by atoms with Gasteiger partial charge in [-0.15, -0.1) is 29.7 Å². The van der Waals surface area contributed by atoms with Crippen molar-refractivity contribution in [2.24, 2.45) is 5.92 Å². The van der Waals surface area contributed by atoms with Gasteiger partial charge >= 0.3 is 0 Å². The van der Waals surface area contributed by atoms with E-state index in [-0.39, 0.29) is 21.1 Å². The average Bonchev–Trinajstić information content (AvgIpc) is 3.88. The van der Waals surface area contributed by atoms with Crippen LogP contribution >= 0.6 is 0 Å². The van der Waals surface area contributed by atoms with E-state index in [0.29, 0.717) is 17.4 Å². The Morgan fingerprint density at radius 3 is 1.94 bits per heavy atom. The molecule has 5 nitrogen and oxygen atoms in total. The van der Waals surface area contributed by atoms with Gasteiger partial charge in [-0.25, -0.2) is 4.98 Å². The Hall–Kier alpha value is -7.33. The monoisotopic (exact) mass is 1010 g/mol. The summed E-state index contributed by atoms with van der Waals surface area (Å²) < 4.78 is 13.2. The largest absolute Gasteiger partial charge is 0.510 e. The number of aromatic nitrogens is 4. The fraction of sp³-hybridized carbons (Fsp3) is 0.0690. The first-order valence-electron chi connectivity index (χ1n) is 21.5. The van der Waals surface area contributed by atoms with Gasteiger partial charge in [0.2, 0.25) is 0 Å². The van der Waals surface area contributed by atoms with Crippen molar-refractivity contribution in [3.8, 4) is 62.1 Å². The van der Waals surface area contributed by atoms with Crippen LogP contribution in [0.15, 0.2) is 200 Å². The van der Waals surface area contributed by atoms with E-state index < -0.39 is 0 Å². The SMILES string of the molecule is CC(C)Cc1ccnc(-n2c3[c-]c(Oc4[c-]c(-n5[c-][n+](-c6c(-c7ccccc7)cccc6-c6ccccc6)c6ccccc65)ccc4)ccc3c3cc(-c4ccccc4)ccc32)c1.[Pt]. The smallest absolute Gasteiger partial charge is 0.268 e. The number of benzene rings is 8. The number of rotatable bonds is 10. The quantitative estimate of drug-likeness (QED) is 0.101. The van der Waals surface area contributed by atoms with E-state index in [1.165, 1.54) is 11.1 Å². The van der Waals surface area contributed by atoms with Crippen molar-refractivity contribution in [3.63, 3.8) is 0 Å². The third kappa shape index (κ3) is 7.63. The molecule has 0 atom stereocenters. The molecule has 3 aromatic heterocycles. The zero-order valence-electron chi connectivity index (χ0n) is 35.4. The van der Waals surface area contributed by atoms with Gasteiger partial charge in [0.05, 0.1) is 16.7 Å². The minimum Gasteiger partial charge on any atom is -0.510 e. The van der Waals surface area contributed by atoms with E-state index in [1.54, 1.807) is 0 Å². The first kappa shape index (κ1) is 40.7. The number of hydrogen-bond donors (Lipinski definition) is 0. The summed E-state index contributed by atoms with van der Waals surface area (Å²) in [6, 6.07) is 75.0. The number of ether oxygens (including phenoxy) is 1. The molecule has 64 heavy (non-hydrogen) atoms. The molecule has 0 radical (unpaired) electrons. The molecule has 6 heteroatoms. The summed E-state index contributed by atoms with van der Waals surface area (Å²) >= 11 is 0. The van der Waals surface area contributed by atoms with Gasteiger partial charge in [0.1, 0.15) is 5.82 Å². The molecule has 312 valence electrons. The van der Waals surface area contributed by atoms with Crippen LogP contribution in [0.3, 0.4) is 0 Å². The number of para-hydroxylation sites is 3. The zero-order chi connectivity index (χ0) is 42.3. The summed E-state index contributed by atoms with van der Waals surface area (Å²) in [6.45, 7) is 4.49. The van der Waals surface area contributed by atoms with Crippen LogP contribution in [-0.2, 0) is 27.5 Å². The molecule has 0 fully saturated rings. The minimum atomic E-state index is 0. The first-order chi connectivity index (χ1) is 31.1. The van der Waals surface area contributed by atoms with Crippen molar-refractivity contribution in [1.29, 1.82) is 0 Å². The molecule has 0 amide bonds. The van der Waals surface area contributed by atoms with E-state index in [0.717, 1.165) is 84.3 Å². The van der Waals surface area contributed by atoms with Crippen molar-refractivity contribution in [3.05, 3.63) is 224 Å². The van der Waals surface area contributed by atoms with Crippen molar-refractivity contribution >= 4 is 32.8 Å². The molecular weight excluding hydrogens is 964 g/mol. The van der Waals surface area contributed by atoms with Crippen LogP contribution in [0.2, 0.25) is 0 Å². The van der Waals surface area contributed by atoms with Crippen molar-refractivity contribution in [2.75, 3.05) is 0 Å². The van der Waals surface area contributed by atoms with Crippen molar-refractivity contribution in [2.45, 2.75) is 20.3 Å². The molecule has 0 spiro atoms. The van der Waals surface area contributed by atoms with Gasteiger partial charge in [0, 0.05) is 44.3 Å². The summed E-state index contributed by atoms with van der Waals surface area (Å²) in [5.41, 5.74) is 13.9. The Bertz CT molecular complexity index is 3370. The molecule has 0 unspecified atom stereocenters. The van der Waals surface area contributed by atoms with E-state index >= 15 is 0 Å². The summed E-state index contributed by atoms with van der Waals surface area (Å²) in [4.78, 5) is 4.91. The second-order valence-electron chi connectivity index (χ2n) is 16.3. The molecule has 11 aromatic rings. The fourth-order valence-corrected chi connectivity index (χ4v) is 8.85. The van der Waals surface area contributed by atoms with Crippen LogP contribution in [0.4, 0.5) is 0 Å². The molecule has 0 N–H and O–H groups in total. The van der Waals surface area contributed by atoms with Gasteiger partial charge < -0.3 is 13.9 Å². The average molecular weight is 1010 g/mol. The molecule has 0 saturated heterocycles. The number of hydrogen-bond acceptors (Lipinski definition) is 2.